The minimum absolute atomic E-state index is 0.00620. The van der Waals surface area contributed by atoms with Gasteiger partial charge in [-0.15, -0.1) is 11.8 Å². The van der Waals surface area contributed by atoms with Gasteiger partial charge in [-0.3, -0.25) is 9.59 Å². The van der Waals surface area contributed by atoms with Gasteiger partial charge in [-0.1, -0.05) is 76.8 Å². The second-order valence-corrected chi connectivity index (χ2v) is 15.4. The first kappa shape index (κ1) is 40.5. The fourth-order valence-electron chi connectivity index (χ4n) is 6.13. The zero-order valence-electron chi connectivity index (χ0n) is 29.8. The Morgan fingerprint density at radius 3 is 2.21 bits per heavy atom. The van der Waals surface area contributed by atoms with Gasteiger partial charge in [-0.25, -0.2) is 17.9 Å². The first-order valence-corrected chi connectivity index (χ1v) is 20.0. The van der Waals surface area contributed by atoms with E-state index in [9.17, 15) is 38.1 Å². The number of rotatable bonds is 17. The van der Waals surface area contributed by atoms with Crippen molar-refractivity contribution in [3.63, 3.8) is 0 Å². The van der Waals surface area contributed by atoms with Crippen molar-refractivity contribution >= 4 is 50.9 Å². The molecule has 3 aromatic carbocycles. The molecule has 0 unspecified atom stereocenters. The van der Waals surface area contributed by atoms with E-state index in [0.717, 1.165) is 31.4 Å². The molecule has 3 aromatic rings. The fourth-order valence-corrected chi connectivity index (χ4v) is 8.33. The number of carboxylic acid groups (broad SMARTS) is 1. The van der Waals surface area contributed by atoms with Crippen LogP contribution in [0.5, 0.6) is 11.5 Å². The number of carbonyl (C=O) groups is 3. The maximum absolute atomic E-state index is 14.3. The van der Waals surface area contributed by atoms with Gasteiger partial charge < -0.3 is 35.6 Å². The van der Waals surface area contributed by atoms with E-state index in [0.29, 0.717) is 30.0 Å². The van der Waals surface area contributed by atoms with E-state index in [1.807, 2.05) is 35.2 Å². The van der Waals surface area contributed by atoms with Gasteiger partial charge in [0.1, 0.15) is 22.4 Å². The Kier molecular flexibility index (Phi) is 13.6. The van der Waals surface area contributed by atoms with Crippen LogP contribution >= 0.6 is 11.8 Å². The highest BCUT2D eigenvalue weighted by Crippen LogP contribution is 2.44. The Hall–Kier alpha value is -4.31. The molecule has 2 amide bonds. The van der Waals surface area contributed by atoms with Gasteiger partial charge >= 0.3 is 5.97 Å². The third-order valence-corrected chi connectivity index (χ3v) is 11.4. The topological polar surface area (TPSA) is 195 Å². The SMILES string of the molecule is CCCCC1(CCCC)CN(c2ccccc2)c2cc(SC)c(OCC(=O)N[C@@H](C(=O)N[C@](O)(CC)C(=O)O)c3ccc(O)cc3)cc2S(=O)(=O)N1. The first-order valence-electron chi connectivity index (χ1n) is 17.3. The van der Waals surface area contributed by atoms with Gasteiger partial charge in [-0.2, -0.15) is 0 Å². The molecular weight excluding hydrogens is 709 g/mol. The predicted molar refractivity (Wildman–Crippen MR) is 199 cm³/mol. The number of carboxylic acids is 1. The number of aliphatic carboxylic acids is 1. The van der Waals surface area contributed by atoms with Crippen LogP contribution in [-0.2, 0) is 24.4 Å². The number of ether oxygens (including phenoxy) is 1. The van der Waals surface area contributed by atoms with Crippen molar-refractivity contribution in [2.75, 3.05) is 24.3 Å². The maximum atomic E-state index is 14.3. The second kappa shape index (κ2) is 17.5. The van der Waals surface area contributed by atoms with Crippen LogP contribution in [0.15, 0.2) is 76.5 Å². The number of para-hydroxylation sites is 1. The number of hydrogen-bond acceptors (Lipinski definition) is 10. The summed E-state index contributed by atoms with van der Waals surface area (Å²) in [5, 5.41) is 34.3. The molecule has 1 aliphatic heterocycles. The van der Waals surface area contributed by atoms with Crippen LogP contribution in [0.25, 0.3) is 0 Å². The average molecular weight is 757 g/mol. The number of hydrogen-bond donors (Lipinski definition) is 6. The van der Waals surface area contributed by atoms with Crippen molar-refractivity contribution in [1.29, 1.82) is 0 Å². The van der Waals surface area contributed by atoms with E-state index in [4.69, 9.17) is 4.74 Å². The summed E-state index contributed by atoms with van der Waals surface area (Å²) >= 11 is 1.31. The molecule has 2 atom stereocenters. The molecule has 0 aliphatic carbocycles. The van der Waals surface area contributed by atoms with E-state index in [-0.39, 0.29) is 28.4 Å². The molecule has 0 aromatic heterocycles. The van der Waals surface area contributed by atoms with E-state index in [2.05, 4.69) is 29.2 Å². The second-order valence-electron chi connectivity index (χ2n) is 12.9. The highest BCUT2D eigenvalue weighted by atomic mass is 32.2. The van der Waals surface area contributed by atoms with Crippen molar-refractivity contribution in [3.05, 3.63) is 72.3 Å². The van der Waals surface area contributed by atoms with E-state index in [1.54, 1.807) is 12.3 Å². The molecule has 15 heteroatoms. The highest BCUT2D eigenvalue weighted by molar-refractivity contribution is 7.98. The lowest BCUT2D eigenvalue weighted by Crippen LogP contribution is -2.57. The summed E-state index contributed by atoms with van der Waals surface area (Å²) in [6.07, 6.45) is 6.22. The summed E-state index contributed by atoms with van der Waals surface area (Å²) in [7, 11) is -4.10. The molecule has 1 aliphatic rings. The minimum atomic E-state index is -4.10. The number of nitrogens with one attached hydrogen (secondary N) is 3. The molecule has 0 saturated carbocycles. The summed E-state index contributed by atoms with van der Waals surface area (Å²) in [6.45, 7) is 5.29. The molecule has 0 fully saturated rings. The smallest absolute Gasteiger partial charge is 0.357 e. The average Bonchev–Trinajstić information content (AvgIpc) is 3.22. The number of phenolic OH excluding ortho intramolecular Hbond substituents is 1. The lowest BCUT2D eigenvalue weighted by molar-refractivity contribution is -0.166. The van der Waals surface area contributed by atoms with Gasteiger partial charge in [0.2, 0.25) is 21.7 Å². The summed E-state index contributed by atoms with van der Waals surface area (Å²) < 4.78 is 37.6. The lowest BCUT2D eigenvalue weighted by Gasteiger charge is -2.37. The zero-order chi connectivity index (χ0) is 38.1. The van der Waals surface area contributed by atoms with E-state index in [1.165, 1.54) is 49.0 Å². The Bertz CT molecular complexity index is 1820. The number of unbranched alkanes of at least 4 members (excludes halogenated alkanes) is 2. The third kappa shape index (κ3) is 9.56. The molecule has 52 heavy (non-hydrogen) atoms. The van der Waals surface area contributed by atoms with Crippen molar-refractivity contribution in [1.82, 2.24) is 15.4 Å². The number of fused-ring (bicyclic) bond motifs is 1. The largest absolute Gasteiger partial charge is 0.508 e. The van der Waals surface area contributed by atoms with Crippen molar-refractivity contribution in [2.24, 2.45) is 0 Å². The number of aliphatic hydroxyl groups is 1. The Balaban J connectivity index is 1.69. The van der Waals surface area contributed by atoms with Crippen LogP contribution in [0.1, 0.15) is 77.3 Å². The number of carbonyl (C=O) groups excluding carboxylic acids is 2. The normalized spacial score (nSPS) is 16.4. The van der Waals surface area contributed by atoms with Gasteiger partial charge in [0.05, 0.1) is 16.1 Å². The highest BCUT2D eigenvalue weighted by Gasteiger charge is 2.42. The predicted octanol–water partition coefficient (Wildman–Crippen LogP) is 5.20. The van der Waals surface area contributed by atoms with Crippen molar-refractivity contribution in [3.8, 4) is 11.5 Å². The van der Waals surface area contributed by atoms with Gasteiger partial charge in [0.25, 0.3) is 5.91 Å². The number of benzene rings is 3. The van der Waals surface area contributed by atoms with Crippen LogP contribution in [-0.4, -0.2) is 72.2 Å². The van der Waals surface area contributed by atoms with Crippen LogP contribution in [0.4, 0.5) is 11.4 Å². The zero-order valence-corrected chi connectivity index (χ0v) is 31.5. The molecule has 0 radical (unpaired) electrons. The van der Waals surface area contributed by atoms with Gasteiger partial charge in [0.15, 0.2) is 6.61 Å². The molecule has 0 saturated heterocycles. The van der Waals surface area contributed by atoms with E-state index >= 15 is 0 Å². The summed E-state index contributed by atoms with van der Waals surface area (Å²) in [5.74, 6) is -3.47. The van der Waals surface area contributed by atoms with Crippen LogP contribution in [0.3, 0.4) is 0 Å². The molecular formula is C37H48N4O9S2. The van der Waals surface area contributed by atoms with Crippen LogP contribution in [0, 0.1) is 0 Å². The monoisotopic (exact) mass is 756 g/mol. The molecule has 6 N–H and O–H groups in total. The number of aromatic hydroxyl groups is 1. The van der Waals surface area contributed by atoms with Crippen LogP contribution < -0.4 is 25.0 Å². The first-order chi connectivity index (χ1) is 24.7. The van der Waals surface area contributed by atoms with Gasteiger partial charge in [-0.05, 0) is 55.0 Å². The lowest BCUT2D eigenvalue weighted by atomic mass is 9.87. The van der Waals surface area contributed by atoms with E-state index < -0.39 is 51.7 Å². The minimum Gasteiger partial charge on any atom is -0.508 e. The molecule has 4 rings (SSSR count). The summed E-state index contributed by atoms with van der Waals surface area (Å²) in [4.78, 5) is 40.9. The standard InChI is InChI=1S/C37H48N4O9S2/c1-5-8-19-36(20-9-6-2)24-41(26-13-11-10-12-14-26)28-21-30(51-4)29(22-31(28)52(48,49)40-36)50-23-32(43)38-33(25-15-17-27(42)18-16-25)34(44)39-37(47,7-3)35(45)46/h10-18,21-22,33,40,42,47H,5-9,19-20,23-24H2,1-4H3,(H,38,43)(H,39,44)(H,45,46)/t33-,37+/m1/s1. The summed E-state index contributed by atoms with van der Waals surface area (Å²) in [6, 6.07) is 16.6. The Labute approximate surface area is 309 Å². The number of amides is 2. The molecule has 282 valence electrons. The number of thioether (sulfide) groups is 1. The number of phenols is 1. The van der Waals surface area contributed by atoms with Crippen molar-refractivity contribution < 1.29 is 42.9 Å². The molecule has 0 spiro atoms. The molecule has 0 bridgehead atoms. The fraction of sp³-hybridized carbons (Fsp3) is 0.432. The Morgan fingerprint density at radius 1 is 1.02 bits per heavy atom. The Morgan fingerprint density at radius 2 is 1.65 bits per heavy atom. The number of nitrogens with zero attached hydrogens (tertiary/aromatic N) is 1. The molecule has 1 heterocycles. The van der Waals surface area contributed by atoms with Crippen molar-refractivity contribution in [2.45, 2.75) is 92.8 Å². The van der Waals surface area contributed by atoms with Gasteiger partial charge in [0, 0.05) is 24.7 Å². The number of sulfonamides is 1. The summed E-state index contributed by atoms with van der Waals surface area (Å²) in [5.41, 5.74) is -1.85. The maximum Gasteiger partial charge on any atom is 0.357 e. The van der Waals surface area contributed by atoms with Crippen LogP contribution in [0.2, 0.25) is 0 Å². The quantitative estimate of drug-likeness (QED) is 0.0783. The molecule has 13 nitrogen and oxygen atoms in total. The third-order valence-electron chi connectivity index (χ3n) is 9.07. The number of anilines is 2.